The van der Waals surface area contributed by atoms with E-state index in [1.165, 1.54) is 0 Å². The van der Waals surface area contributed by atoms with Gasteiger partial charge in [0.1, 0.15) is 15.1 Å². The molecule has 0 saturated carbocycles. The van der Waals surface area contributed by atoms with Crippen LogP contribution in [-0.4, -0.2) is 51.1 Å². The molecule has 5 heterocycles. The summed E-state index contributed by atoms with van der Waals surface area (Å²) in [4.78, 5) is 6.88. The van der Waals surface area contributed by atoms with Gasteiger partial charge in [-0.2, -0.15) is 26.3 Å². The molecule has 6 nitrogen and oxygen atoms in total. The molecule has 3 fully saturated rings. The fraction of sp³-hybridized carbons (Fsp3) is 0.367. The van der Waals surface area contributed by atoms with Crippen LogP contribution in [0.2, 0.25) is 0 Å². The van der Waals surface area contributed by atoms with Gasteiger partial charge in [-0.15, -0.1) is 11.7 Å². The third-order valence-corrected chi connectivity index (χ3v) is 9.59. The molecule has 2 aromatic heterocycles. The van der Waals surface area contributed by atoms with E-state index in [0.717, 1.165) is 36.9 Å². The number of benzene rings is 2. The summed E-state index contributed by atoms with van der Waals surface area (Å²) >= 11 is 1.92. The lowest BCUT2D eigenvalue weighted by Gasteiger charge is -2.51. The van der Waals surface area contributed by atoms with E-state index in [-0.39, 0.29) is 23.4 Å². The van der Waals surface area contributed by atoms with E-state index >= 15 is 0 Å². The minimum absolute atomic E-state index is 0.0573. The molecule has 1 unspecified atom stereocenters. The molecule has 0 N–H and O–H groups in total. The van der Waals surface area contributed by atoms with Gasteiger partial charge in [0.05, 0.1) is 29.8 Å². The van der Waals surface area contributed by atoms with Gasteiger partial charge in [-0.3, -0.25) is 9.88 Å². The van der Waals surface area contributed by atoms with Crippen LogP contribution < -0.4 is 4.74 Å². The molecule has 3 saturated heterocycles. The molecule has 0 aliphatic carbocycles. The van der Waals surface area contributed by atoms with Crippen LogP contribution in [0.4, 0.5) is 26.3 Å². The number of piperidine rings is 3. The van der Waals surface area contributed by atoms with E-state index in [9.17, 15) is 26.3 Å². The van der Waals surface area contributed by atoms with Crippen molar-refractivity contribution in [2.24, 2.45) is 11.8 Å². The Morgan fingerprint density at radius 3 is 2.37 bits per heavy atom. The van der Waals surface area contributed by atoms with Gasteiger partial charge in [-0.05, 0) is 102 Å². The maximum atomic E-state index is 13.7. The highest BCUT2D eigenvalue weighted by molar-refractivity contribution is 14.1. The summed E-state index contributed by atoms with van der Waals surface area (Å²) in [5.41, 5.74) is -1.61. The third-order valence-electron chi connectivity index (χ3n) is 8.58. The summed E-state index contributed by atoms with van der Waals surface area (Å²) in [5.74, 6) is 1.34. The average Bonchev–Trinajstić information content (AvgIpc) is 3.36. The molecule has 0 radical (unpaired) electrons. The zero-order valence-corrected chi connectivity index (χ0v) is 25.0. The summed E-state index contributed by atoms with van der Waals surface area (Å²) < 4.78 is 89.4. The topological polar surface area (TPSA) is 56.1 Å². The number of hydrogen-bond acceptors (Lipinski definition) is 5. The lowest BCUT2D eigenvalue weighted by molar-refractivity contribution is -0.143. The smallest absolute Gasteiger partial charge is 0.416 e. The highest BCUT2D eigenvalue weighted by atomic mass is 127. The minimum Gasteiger partial charge on any atom is -0.497 e. The molecular formula is C30H26F6IN5O. The first-order valence-corrected chi connectivity index (χ1v) is 14.7. The Morgan fingerprint density at radius 2 is 1.77 bits per heavy atom. The van der Waals surface area contributed by atoms with E-state index in [2.05, 4.69) is 26.8 Å². The van der Waals surface area contributed by atoms with Crippen molar-refractivity contribution in [2.45, 2.75) is 37.3 Å². The van der Waals surface area contributed by atoms with Crippen LogP contribution in [-0.2, 0) is 12.4 Å². The zero-order chi connectivity index (χ0) is 30.7. The van der Waals surface area contributed by atoms with E-state index in [1.54, 1.807) is 24.1 Å². The van der Waals surface area contributed by atoms with Gasteiger partial charge in [0.2, 0.25) is 0 Å². The van der Waals surface area contributed by atoms with E-state index < -0.39 is 29.5 Å². The highest BCUT2D eigenvalue weighted by Crippen LogP contribution is 2.45. The number of alkyl halides is 6. The number of fused-ring (bicyclic) bond motifs is 4. The van der Waals surface area contributed by atoms with Crippen molar-refractivity contribution in [3.8, 4) is 17.0 Å². The average molecular weight is 713 g/mol. The van der Waals surface area contributed by atoms with Gasteiger partial charge in [-0.25, -0.2) is 4.68 Å². The third kappa shape index (κ3) is 5.49. The monoisotopic (exact) mass is 713 g/mol. The van der Waals surface area contributed by atoms with Crippen molar-refractivity contribution in [3.63, 3.8) is 0 Å². The summed E-state index contributed by atoms with van der Waals surface area (Å²) in [6, 6.07) is 8.36. The molecule has 2 aromatic carbocycles. The van der Waals surface area contributed by atoms with Crippen LogP contribution in [0.25, 0.3) is 22.2 Å². The van der Waals surface area contributed by atoms with Gasteiger partial charge in [0, 0.05) is 29.7 Å². The largest absolute Gasteiger partial charge is 0.497 e. The van der Waals surface area contributed by atoms with Crippen LogP contribution in [0.1, 0.15) is 35.6 Å². The van der Waals surface area contributed by atoms with Crippen molar-refractivity contribution in [1.29, 1.82) is 0 Å². The minimum atomic E-state index is -4.98. The van der Waals surface area contributed by atoms with Crippen LogP contribution in [0.5, 0.6) is 5.75 Å². The molecule has 3 aliphatic heterocycles. The molecule has 226 valence electrons. The summed E-state index contributed by atoms with van der Waals surface area (Å²) in [7, 11) is 1.56. The number of ether oxygens (including phenoxy) is 1. The predicted molar refractivity (Wildman–Crippen MR) is 156 cm³/mol. The van der Waals surface area contributed by atoms with Crippen LogP contribution in [0, 0.1) is 15.5 Å². The van der Waals surface area contributed by atoms with E-state index in [0.29, 0.717) is 38.9 Å². The van der Waals surface area contributed by atoms with Gasteiger partial charge in [0.15, 0.2) is 0 Å². The molecular weight excluding hydrogens is 687 g/mol. The maximum absolute atomic E-state index is 13.7. The van der Waals surface area contributed by atoms with E-state index in [4.69, 9.17) is 4.74 Å². The Kier molecular flexibility index (Phi) is 7.68. The lowest BCUT2D eigenvalue weighted by Crippen LogP contribution is -2.56. The quantitative estimate of drug-likeness (QED) is 0.117. The van der Waals surface area contributed by atoms with Crippen molar-refractivity contribution in [2.75, 3.05) is 20.2 Å². The lowest BCUT2D eigenvalue weighted by atomic mass is 9.73. The Labute approximate surface area is 256 Å². The molecule has 3 aliphatic rings. The standard InChI is InChI=1S/C30H26F6IN5O/c1-3-16-15-41-9-7-17(16)12-25(41)27(22-6-8-38-24-5-4-21(43-2)14-23(22)24)42-28(37)26(39-40-42)18-10-19(29(31,32)33)13-20(11-18)30(34,35)36/h3-6,8,10-11,13-14,16-17,25,27H,1,7,9,12,15H2,2H3/t16-,17-,25+,27+/m0/s1. The number of hydrogen-bond donors (Lipinski definition) is 0. The first-order valence-electron chi connectivity index (χ1n) is 13.6. The van der Waals surface area contributed by atoms with Gasteiger partial charge in [0.25, 0.3) is 0 Å². The SMILES string of the molecule is C=C[C@H]1CN2CC[C@H]1C[C@@H]2[C@@H](c1ccnc2ccc(OC)cc12)n1nnc(-c2cc(C(F)(F)F)cc(C(F)(F)F)c2)c1I. The molecule has 13 heteroatoms. The van der Waals surface area contributed by atoms with Gasteiger partial charge >= 0.3 is 12.4 Å². The second kappa shape index (κ2) is 11.1. The fourth-order valence-electron chi connectivity index (χ4n) is 6.47. The first kappa shape index (κ1) is 29.9. The summed E-state index contributed by atoms with van der Waals surface area (Å²) in [5, 5.41) is 9.38. The maximum Gasteiger partial charge on any atom is 0.416 e. The second-order valence-electron chi connectivity index (χ2n) is 10.9. The van der Waals surface area contributed by atoms with Crippen molar-refractivity contribution in [3.05, 3.63) is 81.7 Å². The number of aromatic nitrogens is 4. The van der Waals surface area contributed by atoms with Gasteiger partial charge < -0.3 is 4.74 Å². The predicted octanol–water partition coefficient (Wildman–Crippen LogP) is 7.63. The molecule has 2 bridgehead atoms. The molecule has 0 amide bonds. The van der Waals surface area contributed by atoms with Crippen LogP contribution in [0.3, 0.4) is 0 Å². The van der Waals surface area contributed by atoms with Crippen molar-refractivity contribution >= 4 is 33.5 Å². The zero-order valence-electron chi connectivity index (χ0n) is 22.8. The van der Waals surface area contributed by atoms with Crippen LogP contribution >= 0.6 is 22.6 Å². The number of nitrogens with zero attached hydrogens (tertiary/aromatic N) is 5. The Morgan fingerprint density at radius 1 is 1.05 bits per heavy atom. The molecule has 43 heavy (non-hydrogen) atoms. The second-order valence-corrected chi connectivity index (χ2v) is 12.0. The normalized spacial score (nSPS) is 23.0. The Balaban J connectivity index is 1.53. The van der Waals surface area contributed by atoms with Crippen molar-refractivity contribution in [1.82, 2.24) is 24.9 Å². The summed E-state index contributed by atoms with van der Waals surface area (Å²) in [6.07, 6.45) is -4.47. The Bertz CT molecular complexity index is 1650. The molecule has 5 atom stereocenters. The van der Waals surface area contributed by atoms with Crippen LogP contribution in [0.15, 0.2) is 61.3 Å². The summed E-state index contributed by atoms with van der Waals surface area (Å²) in [6.45, 7) is 5.66. The first-order chi connectivity index (χ1) is 20.4. The Hall–Kier alpha value is -3.20. The number of pyridine rings is 1. The number of halogens is 7. The molecule has 0 spiro atoms. The van der Waals surface area contributed by atoms with Gasteiger partial charge in [-0.1, -0.05) is 11.3 Å². The number of rotatable bonds is 6. The number of methoxy groups -OCH3 is 1. The molecule has 4 aromatic rings. The highest BCUT2D eigenvalue weighted by Gasteiger charge is 2.45. The van der Waals surface area contributed by atoms with E-state index in [1.807, 2.05) is 46.9 Å². The fourth-order valence-corrected chi connectivity index (χ4v) is 7.28. The molecule has 7 rings (SSSR count). The van der Waals surface area contributed by atoms with Crippen molar-refractivity contribution < 1.29 is 31.1 Å².